The Bertz CT molecular complexity index is 903. The van der Waals surface area contributed by atoms with Gasteiger partial charge in [-0.25, -0.2) is 14.1 Å². The molecule has 0 radical (unpaired) electrons. The van der Waals surface area contributed by atoms with Crippen LogP contribution in [0, 0.1) is 12.7 Å². The lowest BCUT2D eigenvalue weighted by Gasteiger charge is -2.29. The molecule has 0 saturated heterocycles. The van der Waals surface area contributed by atoms with Crippen LogP contribution < -0.4 is 5.32 Å². The molecule has 1 unspecified atom stereocenters. The molecule has 3 aromatic rings. The van der Waals surface area contributed by atoms with E-state index in [1.54, 1.807) is 30.4 Å². The Morgan fingerprint density at radius 3 is 2.57 bits per heavy atom. The molecular formula is C20H24FN5OS. The molecule has 1 N–H and O–H groups in total. The summed E-state index contributed by atoms with van der Waals surface area (Å²) in [4.78, 5) is 19.2. The maximum absolute atomic E-state index is 13.1. The lowest BCUT2D eigenvalue weighted by molar-refractivity contribution is 0.0924. The van der Waals surface area contributed by atoms with Crippen LogP contribution >= 0.6 is 11.3 Å². The van der Waals surface area contributed by atoms with E-state index >= 15 is 0 Å². The minimum absolute atomic E-state index is 0.102. The first-order chi connectivity index (χ1) is 13.5. The molecular weight excluding hydrogens is 377 g/mol. The SMILES string of the molecule is CCN(CC)C(CNC(=O)c1nc(C)n(-c2ccc(F)cc2)n1)c1ccsc1. The van der Waals surface area contributed by atoms with Crippen LogP contribution in [0.5, 0.6) is 0 Å². The Kier molecular flexibility index (Phi) is 6.53. The van der Waals surface area contributed by atoms with Crippen LogP contribution in [-0.4, -0.2) is 45.2 Å². The molecule has 2 aromatic heterocycles. The highest BCUT2D eigenvalue weighted by atomic mass is 32.1. The van der Waals surface area contributed by atoms with E-state index in [0.29, 0.717) is 18.1 Å². The zero-order valence-corrected chi connectivity index (χ0v) is 17.0. The molecule has 1 atom stereocenters. The van der Waals surface area contributed by atoms with Gasteiger partial charge in [0, 0.05) is 6.54 Å². The van der Waals surface area contributed by atoms with Gasteiger partial charge in [0.15, 0.2) is 0 Å². The van der Waals surface area contributed by atoms with Gasteiger partial charge in [-0.05, 0) is 66.7 Å². The highest BCUT2D eigenvalue weighted by molar-refractivity contribution is 7.07. The summed E-state index contributed by atoms with van der Waals surface area (Å²) in [6, 6.07) is 8.10. The third-order valence-electron chi connectivity index (χ3n) is 4.68. The largest absolute Gasteiger partial charge is 0.347 e. The molecule has 0 fully saturated rings. The van der Waals surface area contributed by atoms with E-state index in [-0.39, 0.29) is 23.6 Å². The Morgan fingerprint density at radius 1 is 1.25 bits per heavy atom. The molecule has 28 heavy (non-hydrogen) atoms. The Hall–Kier alpha value is -2.58. The summed E-state index contributed by atoms with van der Waals surface area (Å²) in [7, 11) is 0. The lowest BCUT2D eigenvalue weighted by Crippen LogP contribution is -2.38. The van der Waals surface area contributed by atoms with Crippen LogP contribution in [0.1, 0.15) is 41.9 Å². The molecule has 3 rings (SSSR count). The van der Waals surface area contributed by atoms with Gasteiger partial charge in [0.2, 0.25) is 5.82 Å². The van der Waals surface area contributed by atoms with E-state index in [9.17, 15) is 9.18 Å². The van der Waals surface area contributed by atoms with Crippen molar-refractivity contribution in [3.8, 4) is 5.69 Å². The second-order valence-electron chi connectivity index (χ2n) is 6.37. The summed E-state index contributed by atoms with van der Waals surface area (Å²) in [5.41, 5.74) is 1.85. The van der Waals surface area contributed by atoms with Crippen molar-refractivity contribution in [2.24, 2.45) is 0 Å². The number of amides is 1. The fourth-order valence-corrected chi connectivity index (χ4v) is 3.88. The molecule has 1 amide bonds. The van der Waals surface area contributed by atoms with Crippen LogP contribution in [0.3, 0.4) is 0 Å². The summed E-state index contributed by atoms with van der Waals surface area (Å²) in [6.45, 7) is 8.24. The van der Waals surface area contributed by atoms with Gasteiger partial charge in [-0.1, -0.05) is 13.8 Å². The Balaban J connectivity index is 1.73. The van der Waals surface area contributed by atoms with Crippen molar-refractivity contribution in [2.45, 2.75) is 26.8 Å². The molecule has 2 heterocycles. The van der Waals surface area contributed by atoms with Crippen molar-refractivity contribution >= 4 is 17.2 Å². The van der Waals surface area contributed by atoms with Crippen LogP contribution in [-0.2, 0) is 0 Å². The molecule has 1 aromatic carbocycles. The van der Waals surface area contributed by atoms with Gasteiger partial charge in [0.1, 0.15) is 11.6 Å². The number of hydrogen-bond acceptors (Lipinski definition) is 5. The van der Waals surface area contributed by atoms with Crippen LogP contribution in [0.2, 0.25) is 0 Å². The smallest absolute Gasteiger partial charge is 0.291 e. The van der Waals surface area contributed by atoms with E-state index < -0.39 is 0 Å². The van der Waals surface area contributed by atoms with Crippen LogP contribution in [0.4, 0.5) is 4.39 Å². The number of hydrogen-bond donors (Lipinski definition) is 1. The molecule has 0 aliphatic rings. The van der Waals surface area contributed by atoms with Gasteiger partial charge < -0.3 is 5.32 Å². The van der Waals surface area contributed by atoms with E-state index in [4.69, 9.17) is 0 Å². The van der Waals surface area contributed by atoms with E-state index in [1.165, 1.54) is 22.4 Å². The molecule has 0 aliphatic carbocycles. The van der Waals surface area contributed by atoms with E-state index in [1.807, 2.05) is 5.38 Å². The highest BCUT2D eigenvalue weighted by Gasteiger charge is 2.21. The summed E-state index contributed by atoms with van der Waals surface area (Å²) in [5, 5.41) is 11.4. The number of nitrogens with zero attached hydrogens (tertiary/aromatic N) is 4. The highest BCUT2D eigenvalue weighted by Crippen LogP contribution is 2.22. The average molecular weight is 402 g/mol. The predicted molar refractivity (Wildman–Crippen MR) is 108 cm³/mol. The van der Waals surface area contributed by atoms with E-state index in [0.717, 1.165) is 13.1 Å². The Morgan fingerprint density at radius 2 is 1.96 bits per heavy atom. The van der Waals surface area contributed by atoms with E-state index in [2.05, 4.69) is 45.6 Å². The minimum atomic E-state index is -0.324. The number of nitrogens with one attached hydrogen (secondary N) is 1. The second-order valence-corrected chi connectivity index (χ2v) is 7.15. The van der Waals surface area contributed by atoms with Gasteiger partial charge in [-0.2, -0.15) is 11.3 Å². The standard InChI is InChI=1S/C20H24FN5OS/c1-4-25(5-2)18(15-10-11-28-13-15)12-22-20(27)19-23-14(3)26(24-19)17-8-6-16(21)7-9-17/h6-11,13,18H,4-5,12H2,1-3H3,(H,22,27). The van der Waals surface area contributed by atoms with Crippen molar-refractivity contribution in [1.82, 2.24) is 25.0 Å². The summed E-state index contributed by atoms with van der Waals surface area (Å²) < 4.78 is 14.7. The number of halogens is 1. The second kappa shape index (κ2) is 9.07. The summed E-state index contributed by atoms with van der Waals surface area (Å²) in [6.07, 6.45) is 0. The summed E-state index contributed by atoms with van der Waals surface area (Å²) in [5.74, 6) is 0.0204. The monoisotopic (exact) mass is 401 g/mol. The first-order valence-corrected chi connectivity index (χ1v) is 10.2. The number of carbonyl (C=O) groups excluding carboxylic acids is 1. The fourth-order valence-electron chi connectivity index (χ4n) is 3.17. The Labute approximate surface area is 168 Å². The predicted octanol–water partition coefficient (Wildman–Crippen LogP) is 3.59. The van der Waals surface area contributed by atoms with Gasteiger partial charge >= 0.3 is 0 Å². The van der Waals surface area contributed by atoms with Gasteiger partial charge in [0.25, 0.3) is 5.91 Å². The maximum atomic E-state index is 13.1. The van der Waals surface area contributed by atoms with Crippen molar-refractivity contribution in [3.63, 3.8) is 0 Å². The van der Waals surface area contributed by atoms with Crippen molar-refractivity contribution in [1.29, 1.82) is 0 Å². The summed E-state index contributed by atoms with van der Waals surface area (Å²) >= 11 is 1.65. The molecule has 6 nitrogen and oxygen atoms in total. The number of carbonyl (C=O) groups is 1. The molecule has 0 aliphatic heterocycles. The normalized spacial score (nSPS) is 12.3. The van der Waals surface area contributed by atoms with Crippen molar-refractivity contribution in [2.75, 3.05) is 19.6 Å². The zero-order valence-electron chi connectivity index (χ0n) is 16.2. The molecule has 8 heteroatoms. The third-order valence-corrected chi connectivity index (χ3v) is 5.38. The zero-order chi connectivity index (χ0) is 20.1. The number of rotatable bonds is 8. The molecule has 0 bridgehead atoms. The number of aromatic nitrogens is 3. The van der Waals surface area contributed by atoms with Crippen LogP contribution in [0.25, 0.3) is 5.69 Å². The maximum Gasteiger partial charge on any atom is 0.291 e. The quantitative estimate of drug-likeness (QED) is 0.627. The average Bonchev–Trinajstić information content (AvgIpc) is 3.35. The lowest BCUT2D eigenvalue weighted by atomic mass is 10.1. The molecule has 0 saturated carbocycles. The minimum Gasteiger partial charge on any atom is -0.347 e. The topological polar surface area (TPSA) is 63.1 Å². The van der Waals surface area contributed by atoms with Gasteiger partial charge in [-0.15, -0.1) is 5.10 Å². The van der Waals surface area contributed by atoms with Crippen molar-refractivity contribution < 1.29 is 9.18 Å². The number of benzene rings is 1. The molecule has 148 valence electrons. The fraction of sp³-hybridized carbons (Fsp3) is 0.350. The molecule has 0 spiro atoms. The number of thiophene rings is 1. The first kappa shape index (κ1) is 20.2. The number of aryl methyl sites for hydroxylation is 1. The first-order valence-electron chi connectivity index (χ1n) is 9.27. The van der Waals surface area contributed by atoms with Gasteiger partial charge in [0.05, 0.1) is 11.7 Å². The van der Waals surface area contributed by atoms with Crippen LogP contribution in [0.15, 0.2) is 41.1 Å². The number of likely N-dealkylation sites (N-methyl/N-ethyl adjacent to an activating group) is 1. The third kappa shape index (κ3) is 4.45. The van der Waals surface area contributed by atoms with Gasteiger partial charge in [-0.3, -0.25) is 9.69 Å². The van der Waals surface area contributed by atoms with Crippen molar-refractivity contribution in [3.05, 3.63) is 64.1 Å².